The summed E-state index contributed by atoms with van der Waals surface area (Å²) in [6.07, 6.45) is 0. The second-order valence-electron chi connectivity index (χ2n) is 3.25. The maximum absolute atomic E-state index is 11.7. The molecule has 0 aliphatic heterocycles. The maximum atomic E-state index is 11.7. The van der Waals surface area contributed by atoms with Gasteiger partial charge in [0.15, 0.2) is 1.41 Å². The Morgan fingerprint density at radius 2 is 1.69 bits per heavy atom. The maximum Gasteiger partial charge on any atom is 0.201 e. The zero-order valence-electron chi connectivity index (χ0n) is 9.43. The third kappa shape index (κ3) is 2.61. The molecule has 0 atom stereocenters. The second kappa shape index (κ2) is 4.81. The molecule has 16 heavy (non-hydrogen) atoms. The lowest BCUT2D eigenvalue weighted by atomic mass is 10.3. The average Bonchev–Trinajstić information content (AvgIpc) is 2.54. The summed E-state index contributed by atoms with van der Waals surface area (Å²) in [5.41, 5.74) is 0.704. The summed E-state index contributed by atoms with van der Waals surface area (Å²) in [6.45, 7) is 0. The summed E-state index contributed by atoms with van der Waals surface area (Å²) in [5.74, 6) is 0. The molecule has 0 aromatic heterocycles. The van der Waals surface area contributed by atoms with Crippen LogP contribution in [0.25, 0.3) is 0 Å². The molecule has 0 aliphatic carbocycles. The van der Waals surface area contributed by atoms with E-state index in [1.165, 1.54) is 6.07 Å². The van der Waals surface area contributed by atoms with Gasteiger partial charge in [-0.15, -0.1) is 0 Å². The van der Waals surface area contributed by atoms with Gasteiger partial charge in [-0.25, -0.2) is 0 Å². The molecule has 1 N–H and O–H groups in total. The quantitative estimate of drug-likeness (QED) is 0.860. The van der Waals surface area contributed by atoms with Crippen molar-refractivity contribution in [1.29, 1.82) is 0 Å². The molecule has 0 saturated carbocycles. The van der Waals surface area contributed by atoms with Crippen LogP contribution in [-0.2, 0) is 0 Å². The van der Waals surface area contributed by atoms with E-state index < -0.39 is 0 Å². The number of nitrogens with one attached hydrogen (secondary N) is 1. The van der Waals surface area contributed by atoms with E-state index in [0.29, 0.717) is 16.4 Å². The van der Waals surface area contributed by atoms with Crippen LogP contribution in [0.15, 0.2) is 59.4 Å². The lowest BCUT2D eigenvalue weighted by molar-refractivity contribution is 1.53. The van der Waals surface area contributed by atoms with Crippen molar-refractivity contribution in [2.45, 2.75) is 0 Å². The van der Waals surface area contributed by atoms with E-state index in [1.54, 1.807) is 48.5 Å². The van der Waals surface area contributed by atoms with Gasteiger partial charge in [0, 0.05) is 10.7 Å². The van der Waals surface area contributed by atoms with Crippen molar-refractivity contribution in [3.05, 3.63) is 69.8 Å². The fourth-order valence-electron chi connectivity index (χ4n) is 1.27. The Morgan fingerprint density at radius 1 is 1.00 bits per heavy atom. The molecule has 0 radical (unpaired) electrons. The molecular formula is C13H10ClNO. The topological polar surface area (TPSA) is 29.1 Å². The summed E-state index contributed by atoms with van der Waals surface area (Å²) in [5, 5.41) is 1.70. The average molecular weight is 233 g/mol. The van der Waals surface area contributed by atoms with E-state index in [1.807, 2.05) is 0 Å². The minimum absolute atomic E-state index is 0.194. The number of halogens is 1. The molecule has 2 aromatic carbocycles. The van der Waals surface area contributed by atoms with Crippen molar-refractivity contribution >= 4 is 23.0 Å². The van der Waals surface area contributed by atoms with Crippen molar-refractivity contribution < 1.29 is 1.41 Å². The smallest absolute Gasteiger partial charge is 0.201 e. The SMILES string of the molecule is [2H]N(c1ccc(Cl)cc1)c1cccccc1=O. The van der Waals surface area contributed by atoms with E-state index in [0.717, 1.165) is 5.31 Å². The number of rotatable bonds is 2. The van der Waals surface area contributed by atoms with Crippen LogP contribution in [0.3, 0.4) is 0 Å². The van der Waals surface area contributed by atoms with E-state index in [-0.39, 0.29) is 5.43 Å². The monoisotopic (exact) mass is 232 g/mol. The van der Waals surface area contributed by atoms with Crippen molar-refractivity contribution in [3.63, 3.8) is 0 Å². The number of hydrogen-bond donors (Lipinski definition) is 1. The Hall–Kier alpha value is -1.80. The molecular weight excluding hydrogens is 222 g/mol. The molecule has 2 nitrogen and oxygen atoms in total. The van der Waals surface area contributed by atoms with E-state index in [9.17, 15) is 4.79 Å². The van der Waals surface area contributed by atoms with Crippen molar-refractivity contribution in [2.75, 3.05) is 5.31 Å². The zero-order valence-corrected chi connectivity index (χ0v) is 9.19. The Kier molecular flexibility index (Phi) is 2.84. The van der Waals surface area contributed by atoms with Crippen molar-refractivity contribution in [2.24, 2.45) is 0 Å². The van der Waals surface area contributed by atoms with Crippen LogP contribution in [0.5, 0.6) is 0 Å². The number of hydrogen-bond acceptors (Lipinski definition) is 2. The molecule has 0 spiro atoms. The van der Waals surface area contributed by atoms with Gasteiger partial charge in [0.25, 0.3) is 0 Å². The van der Waals surface area contributed by atoms with E-state index in [4.69, 9.17) is 13.0 Å². The van der Waals surface area contributed by atoms with Gasteiger partial charge < -0.3 is 5.31 Å². The lowest BCUT2D eigenvalue weighted by Crippen LogP contribution is -2.03. The highest BCUT2D eigenvalue weighted by atomic mass is 35.5. The standard InChI is InChI=1S/C13H10ClNO/c14-10-6-8-11(9-7-10)15-12-4-2-1-3-5-13(12)16/h1-9H,(H,15,16)/i/hD. The first-order chi connectivity index (χ1) is 8.18. The van der Waals surface area contributed by atoms with Gasteiger partial charge in [0.1, 0.15) is 0 Å². The predicted molar refractivity (Wildman–Crippen MR) is 67.4 cm³/mol. The molecule has 0 unspecified atom stereocenters. The third-order valence-electron chi connectivity index (χ3n) is 2.05. The minimum atomic E-state index is -0.194. The molecule has 0 bridgehead atoms. The Bertz CT molecular complexity index is 571. The Labute approximate surface area is 100.0 Å². The summed E-state index contributed by atoms with van der Waals surface area (Å²) in [7, 11) is 0. The van der Waals surface area contributed by atoms with Gasteiger partial charge in [0.05, 0.1) is 5.69 Å². The van der Waals surface area contributed by atoms with Gasteiger partial charge in [-0.1, -0.05) is 29.8 Å². The van der Waals surface area contributed by atoms with Gasteiger partial charge in [-0.05, 0) is 36.4 Å². The molecule has 0 fully saturated rings. The summed E-state index contributed by atoms with van der Waals surface area (Å²) in [6, 6.07) is 15.0. The molecule has 3 heteroatoms. The highest BCUT2D eigenvalue weighted by Gasteiger charge is 1.96. The van der Waals surface area contributed by atoms with Crippen LogP contribution in [0.4, 0.5) is 11.4 Å². The summed E-state index contributed by atoms with van der Waals surface area (Å²) in [4.78, 5) is 11.7. The highest BCUT2D eigenvalue weighted by Crippen LogP contribution is 2.16. The second-order valence-corrected chi connectivity index (χ2v) is 3.68. The number of anilines is 2. The molecule has 0 heterocycles. The molecule has 80 valence electrons. The molecule has 0 saturated heterocycles. The van der Waals surface area contributed by atoms with Crippen molar-refractivity contribution in [1.82, 2.24) is 0 Å². The summed E-state index contributed by atoms with van der Waals surface area (Å²) < 4.78 is 7.94. The Morgan fingerprint density at radius 3 is 2.44 bits per heavy atom. The van der Waals surface area contributed by atoms with Crippen LogP contribution < -0.4 is 10.7 Å². The van der Waals surface area contributed by atoms with Gasteiger partial charge >= 0.3 is 0 Å². The summed E-state index contributed by atoms with van der Waals surface area (Å²) >= 11 is 5.77. The molecule has 0 amide bonds. The fraction of sp³-hybridized carbons (Fsp3) is 0. The molecule has 2 aromatic rings. The first-order valence-electron chi connectivity index (χ1n) is 5.27. The van der Waals surface area contributed by atoms with Gasteiger partial charge in [-0.2, -0.15) is 0 Å². The van der Waals surface area contributed by atoms with Crippen molar-refractivity contribution in [3.8, 4) is 0 Å². The largest absolute Gasteiger partial charge is 0.352 e. The van der Waals surface area contributed by atoms with Gasteiger partial charge in [-0.3, -0.25) is 4.79 Å². The third-order valence-corrected chi connectivity index (χ3v) is 2.30. The normalized spacial score (nSPS) is 10.7. The highest BCUT2D eigenvalue weighted by molar-refractivity contribution is 6.30. The van der Waals surface area contributed by atoms with Gasteiger partial charge in [0.2, 0.25) is 5.43 Å². The molecule has 2 rings (SSSR count). The van der Waals surface area contributed by atoms with E-state index >= 15 is 0 Å². The lowest BCUT2D eigenvalue weighted by Gasteiger charge is -2.03. The van der Waals surface area contributed by atoms with Crippen LogP contribution in [0.2, 0.25) is 6.43 Å². The fourth-order valence-corrected chi connectivity index (χ4v) is 1.39. The zero-order chi connectivity index (χ0) is 12.3. The van der Waals surface area contributed by atoms with Crippen LogP contribution in [0.1, 0.15) is 0 Å². The number of benzene rings is 1. The minimum Gasteiger partial charge on any atom is -0.352 e. The van der Waals surface area contributed by atoms with Crippen LogP contribution >= 0.6 is 11.6 Å². The first-order valence-corrected chi connectivity index (χ1v) is 5.20. The van der Waals surface area contributed by atoms with E-state index in [2.05, 4.69) is 0 Å². The Balaban J connectivity index is 2.44. The molecule has 0 aliphatic rings. The first kappa shape index (κ1) is 9.43. The van der Waals surface area contributed by atoms with Crippen LogP contribution in [-0.4, -0.2) is 0 Å². The predicted octanol–water partition coefficient (Wildman–Crippen LogP) is 3.44. The van der Waals surface area contributed by atoms with Crippen LogP contribution in [0, 0.1) is 0 Å².